The predicted molar refractivity (Wildman–Crippen MR) is 89.1 cm³/mol. The molecule has 1 heterocycles. The standard InChI is InChI=1S/C18H21NO4/c1-4-23-14-7-5-13(6-8-14)16-10-9-15(18(21)22)17(20)19(16)11-12(2)3/h5-10,12H,4,11H2,1-3H3,(H,21,22). The Labute approximate surface area is 135 Å². The van der Waals surface area contributed by atoms with Gasteiger partial charge in [-0.25, -0.2) is 4.79 Å². The van der Waals surface area contributed by atoms with Crippen LogP contribution in [0.2, 0.25) is 0 Å². The number of ether oxygens (including phenoxy) is 1. The summed E-state index contributed by atoms with van der Waals surface area (Å²) in [7, 11) is 0. The van der Waals surface area contributed by atoms with E-state index >= 15 is 0 Å². The van der Waals surface area contributed by atoms with Crippen molar-refractivity contribution in [1.82, 2.24) is 4.57 Å². The molecule has 0 unspecified atom stereocenters. The summed E-state index contributed by atoms with van der Waals surface area (Å²) in [6, 6.07) is 10.5. The zero-order chi connectivity index (χ0) is 17.0. The number of carboxylic acid groups (broad SMARTS) is 1. The van der Waals surface area contributed by atoms with E-state index in [4.69, 9.17) is 9.84 Å². The molecule has 1 aromatic heterocycles. The van der Waals surface area contributed by atoms with E-state index in [0.717, 1.165) is 11.3 Å². The smallest absolute Gasteiger partial charge is 0.341 e. The first-order valence-electron chi connectivity index (χ1n) is 7.64. The highest BCUT2D eigenvalue weighted by Crippen LogP contribution is 2.22. The number of carbonyl (C=O) groups is 1. The van der Waals surface area contributed by atoms with Crippen LogP contribution < -0.4 is 10.3 Å². The molecule has 2 aromatic rings. The van der Waals surface area contributed by atoms with Gasteiger partial charge >= 0.3 is 5.97 Å². The fourth-order valence-electron chi connectivity index (χ4n) is 2.43. The molecule has 0 saturated heterocycles. The topological polar surface area (TPSA) is 68.5 Å². The molecule has 0 saturated carbocycles. The van der Waals surface area contributed by atoms with Gasteiger partial charge in [-0.15, -0.1) is 0 Å². The molecule has 0 spiro atoms. The van der Waals surface area contributed by atoms with Gasteiger partial charge in [0.1, 0.15) is 11.3 Å². The van der Waals surface area contributed by atoms with Crippen LogP contribution in [0.25, 0.3) is 11.3 Å². The molecule has 122 valence electrons. The van der Waals surface area contributed by atoms with E-state index in [0.29, 0.717) is 18.8 Å². The van der Waals surface area contributed by atoms with Crippen LogP contribution in [-0.2, 0) is 6.54 Å². The Morgan fingerprint density at radius 2 is 1.83 bits per heavy atom. The van der Waals surface area contributed by atoms with Gasteiger partial charge in [-0.3, -0.25) is 4.79 Å². The van der Waals surface area contributed by atoms with Crippen LogP contribution in [-0.4, -0.2) is 22.2 Å². The molecular formula is C18H21NO4. The van der Waals surface area contributed by atoms with Crippen molar-refractivity contribution in [2.45, 2.75) is 27.3 Å². The van der Waals surface area contributed by atoms with Crippen molar-refractivity contribution in [3.8, 4) is 17.0 Å². The van der Waals surface area contributed by atoms with Gasteiger partial charge in [-0.05, 0) is 54.8 Å². The third-order valence-electron chi connectivity index (χ3n) is 3.41. The summed E-state index contributed by atoms with van der Waals surface area (Å²) in [4.78, 5) is 23.7. The minimum absolute atomic E-state index is 0.208. The second-order valence-corrected chi connectivity index (χ2v) is 5.70. The lowest BCUT2D eigenvalue weighted by Gasteiger charge is -2.16. The maximum atomic E-state index is 12.5. The van der Waals surface area contributed by atoms with E-state index in [1.807, 2.05) is 45.0 Å². The highest BCUT2D eigenvalue weighted by atomic mass is 16.5. The summed E-state index contributed by atoms with van der Waals surface area (Å²) in [6.45, 7) is 6.94. The largest absolute Gasteiger partial charge is 0.494 e. The molecule has 0 aliphatic rings. The summed E-state index contributed by atoms with van der Waals surface area (Å²) in [5, 5.41) is 9.15. The van der Waals surface area contributed by atoms with Gasteiger partial charge in [-0.2, -0.15) is 0 Å². The quantitative estimate of drug-likeness (QED) is 0.888. The van der Waals surface area contributed by atoms with Gasteiger partial charge in [0.25, 0.3) is 5.56 Å². The molecule has 23 heavy (non-hydrogen) atoms. The van der Waals surface area contributed by atoms with E-state index < -0.39 is 11.5 Å². The predicted octanol–water partition coefficient (Wildman–Crippen LogP) is 3.27. The number of rotatable bonds is 6. The van der Waals surface area contributed by atoms with Gasteiger partial charge in [0, 0.05) is 6.54 Å². The average Bonchev–Trinajstić information content (AvgIpc) is 2.50. The fourth-order valence-corrected chi connectivity index (χ4v) is 2.43. The van der Waals surface area contributed by atoms with Crippen LogP contribution in [0.5, 0.6) is 5.75 Å². The second-order valence-electron chi connectivity index (χ2n) is 5.70. The molecule has 0 aliphatic heterocycles. The van der Waals surface area contributed by atoms with Crippen molar-refractivity contribution in [2.24, 2.45) is 5.92 Å². The van der Waals surface area contributed by atoms with E-state index in [2.05, 4.69) is 0 Å². The minimum Gasteiger partial charge on any atom is -0.494 e. The van der Waals surface area contributed by atoms with E-state index in [9.17, 15) is 9.59 Å². The third kappa shape index (κ3) is 3.80. The molecule has 5 nitrogen and oxygen atoms in total. The minimum atomic E-state index is -1.20. The molecule has 0 amide bonds. The molecule has 5 heteroatoms. The first kappa shape index (κ1) is 16.8. The lowest BCUT2D eigenvalue weighted by atomic mass is 10.1. The summed E-state index contributed by atoms with van der Waals surface area (Å²) in [5.74, 6) is -0.222. The maximum absolute atomic E-state index is 12.5. The molecule has 2 rings (SSSR count). The highest BCUT2D eigenvalue weighted by molar-refractivity contribution is 5.87. The number of hydrogen-bond acceptors (Lipinski definition) is 3. The summed E-state index contributed by atoms with van der Waals surface area (Å²) in [5.41, 5.74) is 0.873. The molecule has 0 atom stereocenters. The van der Waals surface area contributed by atoms with Crippen LogP contribution in [0.1, 0.15) is 31.1 Å². The van der Waals surface area contributed by atoms with Gasteiger partial charge in [-0.1, -0.05) is 13.8 Å². The summed E-state index contributed by atoms with van der Waals surface area (Å²) < 4.78 is 6.95. The maximum Gasteiger partial charge on any atom is 0.341 e. The highest BCUT2D eigenvalue weighted by Gasteiger charge is 2.15. The molecule has 0 fully saturated rings. The van der Waals surface area contributed by atoms with Crippen molar-refractivity contribution in [3.63, 3.8) is 0 Å². The van der Waals surface area contributed by atoms with Crippen molar-refractivity contribution in [1.29, 1.82) is 0 Å². The van der Waals surface area contributed by atoms with Gasteiger partial charge in [0.15, 0.2) is 0 Å². The number of carboxylic acids is 1. The Bertz CT molecular complexity index is 745. The van der Waals surface area contributed by atoms with E-state index in [1.54, 1.807) is 6.07 Å². The molecule has 0 radical (unpaired) electrons. The monoisotopic (exact) mass is 315 g/mol. The van der Waals surface area contributed by atoms with E-state index in [-0.39, 0.29) is 11.5 Å². The number of pyridine rings is 1. The second kappa shape index (κ2) is 7.13. The van der Waals surface area contributed by atoms with Gasteiger partial charge < -0.3 is 14.4 Å². The summed E-state index contributed by atoms with van der Waals surface area (Å²) >= 11 is 0. The number of nitrogens with zero attached hydrogens (tertiary/aromatic N) is 1. The third-order valence-corrected chi connectivity index (χ3v) is 3.41. The Hall–Kier alpha value is -2.56. The normalized spacial score (nSPS) is 10.8. The van der Waals surface area contributed by atoms with Crippen LogP contribution in [0.3, 0.4) is 0 Å². The van der Waals surface area contributed by atoms with Crippen molar-refractivity contribution < 1.29 is 14.6 Å². The zero-order valence-electron chi connectivity index (χ0n) is 13.6. The Morgan fingerprint density at radius 1 is 1.17 bits per heavy atom. The Morgan fingerprint density at radius 3 is 2.35 bits per heavy atom. The van der Waals surface area contributed by atoms with Crippen LogP contribution in [0, 0.1) is 5.92 Å². The lowest BCUT2D eigenvalue weighted by molar-refractivity contribution is 0.0694. The van der Waals surface area contributed by atoms with E-state index in [1.165, 1.54) is 10.6 Å². The number of benzene rings is 1. The van der Waals surface area contributed by atoms with Crippen LogP contribution >= 0.6 is 0 Å². The fraction of sp³-hybridized carbons (Fsp3) is 0.333. The SMILES string of the molecule is CCOc1ccc(-c2ccc(C(=O)O)c(=O)n2CC(C)C)cc1. The van der Waals surface area contributed by atoms with Gasteiger partial charge in [0.05, 0.1) is 12.3 Å². The first-order chi connectivity index (χ1) is 10.9. The number of aromatic carboxylic acids is 1. The van der Waals surface area contributed by atoms with Crippen LogP contribution in [0.4, 0.5) is 0 Å². The number of aromatic nitrogens is 1. The van der Waals surface area contributed by atoms with Crippen molar-refractivity contribution in [3.05, 3.63) is 52.3 Å². The Balaban J connectivity index is 2.54. The van der Waals surface area contributed by atoms with Gasteiger partial charge in [0.2, 0.25) is 0 Å². The van der Waals surface area contributed by atoms with Crippen molar-refractivity contribution in [2.75, 3.05) is 6.61 Å². The number of hydrogen-bond donors (Lipinski definition) is 1. The van der Waals surface area contributed by atoms with Crippen molar-refractivity contribution >= 4 is 5.97 Å². The molecular weight excluding hydrogens is 294 g/mol. The molecule has 0 aliphatic carbocycles. The average molecular weight is 315 g/mol. The first-order valence-corrected chi connectivity index (χ1v) is 7.64. The Kier molecular flexibility index (Phi) is 5.21. The zero-order valence-corrected chi connectivity index (χ0v) is 13.6. The summed E-state index contributed by atoms with van der Waals surface area (Å²) in [6.07, 6.45) is 0. The molecule has 1 aromatic carbocycles. The van der Waals surface area contributed by atoms with Crippen LogP contribution in [0.15, 0.2) is 41.2 Å². The molecule has 1 N–H and O–H groups in total. The molecule has 0 bridgehead atoms. The lowest BCUT2D eigenvalue weighted by Crippen LogP contribution is -2.29.